The number of hydrogen-bond acceptors (Lipinski definition) is 5. The molecule has 6 atom stereocenters. The topological polar surface area (TPSA) is 81.2 Å². The molecule has 7 nitrogen and oxygen atoms in total. The molecule has 1 N–H and O–H groups in total. The predicted octanol–water partition coefficient (Wildman–Crippen LogP) is 4.13. The number of unbranched alkanes of at least 4 members (excludes halogenated alkanes) is 1. The highest BCUT2D eigenvalue weighted by molar-refractivity contribution is 8.02. The number of rotatable bonds is 13. The Balaban J connectivity index is 1.78. The van der Waals surface area contributed by atoms with E-state index in [9.17, 15) is 19.5 Å². The molecule has 1 aromatic carbocycles. The van der Waals surface area contributed by atoms with E-state index in [1.165, 1.54) is 0 Å². The summed E-state index contributed by atoms with van der Waals surface area (Å²) >= 11 is 1.67. The van der Waals surface area contributed by atoms with Gasteiger partial charge in [-0.1, -0.05) is 57.5 Å². The van der Waals surface area contributed by atoms with Crippen LogP contribution in [0.5, 0.6) is 0 Å². The van der Waals surface area contributed by atoms with Crippen LogP contribution < -0.4 is 4.90 Å². The summed E-state index contributed by atoms with van der Waals surface area (Å²) in [6.07, 6.45) is 6.72. The molecule has 1 aromatic rings. The number of benzene rings is 1. The average molecular weight is 554 g/mol. The van der Waals surface area contributed by atoms with E-state index in [1.807, 2.05) is 49.1 Å². The lowest BCUT2D eigenvalue weighted by Crippen LogP contribution is -2.58. The Morgan fingerprint density at radius 1 is 1.18 bits per heavy atom. The fourth-order valence-electron chi connectivity index (χ4n) is 6.84. The maximum atomic E-state index is 14.4. The fourth-order valence-corrected chi connectivity index (χ4v) is 9.03. The predicted molar refractivity (Wildman–Crippen MR) is 157 cm³/mol. The number of carbonyl (C=O) groups excluding carboxylic acids is 3. The third kappa shape index (κ3) is 5.06. The van der Waals surface area contributed by atoms with Crippen LogP contribution in [0, 0.1) is 17.8 Å². The number of para-hydroxylation sites is 1. The van der Waals surface area contributed by atoms with E-state index in [0.29, 0.717) is 26.1 Å². The Morgan fingerprint density at radius 2 is 1.87 bits per heavy atom. The Labute approximate surface area is 237 Å². The van der Waals surface area contributed by atoms with Crippen LogP contribution in [0.1, 0.15) is 46.5 Å². The molecule has 3 heterocycles. The number of anilines is 1. The number of likely N-dealkylation sites (tertiary alicyclic amines) is 1. The second-order valence-electron chi connectivity index (χ2n) is 11.3. The van der Waals surface area contributed by atoms with Gasteiger partial charge < -0.3 is 19.8 Å². The summed E-state index contributed by atoms with van der Waals surface area (Å²) < 4.78 is -0.691. The standard InChI is InChI=1S/C31H43N3O4S/c1-6-9-19-32(17-7-2)30(38)27-31-16-15-24(39-31)25(26(31)29(37)34(27)23(20-35)21(4)5)28(36)33(18-8-3)22-13-11-10-12-14-22/h7-8,10-14,21,23-27,35H,2-3,6,9,15-20H2,1,4-5H3/t23-,24-,25+,26-,27?,31?/m0/s1. The van der Waals surface area contributed by atoms with Gasteiger partial charge in [0.15, 0.2) is 0 Å². The molecule has 2 bridgehead atoms. The van der Waals surface area contributed by atoms with Gasteiger partial charge in [0, 0.05) is 30.6 Å². The van der Waals surface area contributed by atoms with Crippen molar-refractivity contribution in [1.82, 2.24) is 9.80 Å². The Morgan fingerprint density at radius 3 is 2.46 bits per heavy atom. The van der Waals surface area contributed by atoms with Gasteiger partial charge in [0.05, 0.1) is 29.2 Å². The zero-order valence-electron chi connectivity index (χ0n) is 23.5. The van der Waals surface area contributed by atoms with Crippen LogP contribution in [-0.2, 0) is 14.4 Å². The van der Waals surface area contributed by atoms with Gasteiger partial charge in [-0.25, -0.2) is 0 Å². The van der Waals surface area contributed by atoms with Crippen LogP contribution in [0.25, 0.3) is 0 Å². The highest BCUT2D eigenvalue weighted by atomic mass is 32.2. The van der Waals surface area contributed by atoms with Gasteiger partial charge in [0.25, 0.3) is 0 Å². The highest BCUT2D eigenvalue weighted by Gasteiger charge is 2.74. The third-order valence-corrected chi connectivity index (χ3v) is 10.6. The number of nitrogens with zero attached hydrogens (tertiary/aromatic N) is 3. The van der Waals surface area contributed by atoms with Crippen molar-refractivity contribution >= 4 is 35.2 Å². The van der Waals surface area contributed by atoms with Gasteiger partial charge in [-0.15, -0.1) is 24.9 Å². The van der Waals surface area contributed by atoms with Crippen LogP contribution in [0.4, 0.5) is 5.69 Å². The minimum absolute atomic E-state index is 0.0324. The van der Waals surface area contributed by atoms with Crippen LogP contribution >= 0.6 is 11.8 Å². The maximum Gasteiger partial charge on any atom is 0.247 e. The Kier molecular flexibility index (Phi) is 9.27. The van der Waals surface area contributed by atoms with E-state index in [0.717, 1.165) is 24.9 Å². The average Bonchev–Trinajstić information content (AvgIpc) is 3.57. The molecule has 4 rings (SSSR count). The van der Waals surface area contributed by atoms with Gasteiger partial charge in [-0.05, 0) is 37.3 Å². The number of thioether (sulfide) groups is 1. The minimum Gasteiger partial charge on any atom is -0.394 e. The lowest BCUT2D eigenvalue weighted by Gasteiger charge is -2.40. The summed E-state index contributed by atoms with van der Waals surface area (Å²) in [5.41, 5.74) is 0.770. The molecule has 1 spiro atoms. The quantitative estimate of drug-likeness (QED) is 0.372. The van der Waals surface area contributed by atoms with Crippen LogP contribution in [0.2, 0.25) is 0 Å². The summed E-state index contributed by atoms with van der Waals surface area (Å²) in [5, 5.41) is 10.4. The van der Waals surface area contributed by atoms with E-state index in [-0.39, 0.29) is 35.5 Å². The molecule has 3 aliphatic rings. The van der Waals surface area contributed by atoms with Crippen LogP contribution in [0.3, 0.4) is 0 Å². The van der Waals surface area contributed by atoms with Crippen molar-refractivity contribution in [1.29, 1.82) is 0 Å². The fraction of sp³-hybridized carbons (Fsp3) is 0.581. The van der Waals surface area contributed by atoms with Gasteiger partial charge >= 0.3 is 0 Å². The maximum absolute atomic E-state index is 14.4. The second-order valence-corrected chi connectivity index (χ2v) is 12.9. The van der Waals surface area contributed by atoms with E-state index < -0.39 is 28.7 Å². The van der Waals surface area contributed by atoms with Crippen molar-refractivity contribution in [2.24, 2.45) is 17.8 Å². The van der Waals surface area contributed by atoms with E-state index in [1.54, 1.807) is 33.7 Å². The van der Waals surface area contributed by atoms with Gasteiger partial charge in [0.2, 0.25) is 17.7 Å². The monoisotopic (exact) mass is 553 g/mol. The van der Waals surface area contributed by atoms with Crippen molar-refractivity contribution in [3.63, 3.8) is 0 Å². The largest absolute Gasteiger partial charge is 0.394 e. The first kappa shape index (κ1) is 29.4. The van der Waals surface area contributed by atoms with Gasteiger partial charge in [0.1, 0.15) is 6.04 Å². The van der Waals surface area contributed by atoms with Crippen molar-refractivity contribution in [3.8, 4) is 0 Å². The Bertz CT molecular complexity index is 1080. The zero-order chi connectivity index (χ0) is 28.3. The molecule has 3 saturated heterocycles. The van der Waals surface area contributed by atoms with Gasteiger partial charge in [-0.2, -0.15) is 0 Å². The third-order valence-electron chi connectivity index (χ3n) is 8.66. The molecule has 212 valence electrons. The molecule has 3 amide bonds. The smallest absolute Gasteiger partial charge is 0.247 e. The molecule has 0 aromatic heterocycles. The first-order valence-corrected chi connectivity index (χ1v) is 15.1. The number of carbonyl (C=O) groups is 3. The Hall–Kier alpha value is -2.58. The van der Waals surface area contributed by atoms with Crippen molar-refractivity contribution in [3.05, 3.63) is 55.6 Å². The molecular weight excluding hydrogens is 510 g/mol. The zero-order valence-corrected chi connectivity index (χ0v) is 24.3. The molecule has 2 unspecified atom stereocenters. The molecule has 3 aliphatic heterocycles. The van der Waals surface area contributed by atoms with Crippen molar-refractivity contribution in [2.75, 3.05) is 31.1 Å². The number of fused-ring (bicyclic) bond motifs is 1. The summed E-state index contributed by atoms with van der Waals surface area (Å²) in [6.45, 7) is 14.9. The molecule has 3 fully saturated rings. The molecule has 39 heavy (non-hydrogen) atoms. The van der Waals surface area contributed by atoms with Crippen LogP contribution in [-0.4, -0.2) is 80.9 Å². The number of aliphatic hydroxyl groups excluding tert-OH is 1. The summed E-state index contributed by atoms with van der Waals surface area (Å²) in [5.74, 6) is -1.55. The van der Waals surface area contributed by atoms with Crippen molar-refractivity contribution in [2.45, 2.75) is 68.5 Å². The summed E-state index contributed by atoms with van der Waals surface area (Å²) in [7, 11) is 0. The molecule has 0 saturated carbocycles. The highest BCUT2D eigenvalue weighted by Crippen LogP contribution is 2.67. The molecule has 0 radical (unpaired) electrons. The normalized spacial score (nSPS) is 27.9. The van der Waals surface area contributed by atoms with Crippen molar-refractivity contribution < 1.29 is 19.5 Å². The lowest BCUT2D eigenvalue weighted by atomic mass is 9.70. The van der Waals surface area contributed by atoms with E-state index in [2.05, 4.69) is 20.1 Å². The summed E-state index contributed by atoms with van der Waals surface area (Å²) in [4.78, 5) is 48.3. The van der Waals surface area contributed by atoms with Crippen LogP contribution in [0.15, 0.2) is 55.6 Å². The second kappa shape index (κ2) is 12.3. The number of amides is 3. The molecule has 8 heteroatoms. The molecule has 0 aliphatic carbocycles. The van der Waals surface area contributed by atoms with Gasteiger partial charge in [-0.3, -0.25) is 14.4 Å². The summed E-state index contributed by atoms with van der Waals surface area (Å²) in [6, 6.07) is 8.27. The first-order valence-electron chi connectivity index (χ1n) is 14.2. The number of hydrogen-bond donors (Lipinski definition) is 1. The minimum atomic E-state index is -0.719. The number of aliphatic hydroxyl groups is 1. The van der Waals surface area contributed by atoms with E-state index >= 15 is 0 Å². The first-order chi connectivity index (χ1) is 18.8. The molecular formula is C31H43N3O4S. The SMILES string of the molecule is C=CCN(CCCC)C(=O)C1N([C@@H](CO)C(C)C)C(=O)[C@@H]2[C@H](C(=O)N(CC=C)c3ccccc3)[C@@H]3CCC12S3. The lowest BCUT2D eigenvalue weighted by molar-refractivity contribution is -0.146. The van der Waals surface area contributed by atoms with E-state index in [4.69, 9.17) is 0 Å².